The number of nitrogens with zero attached hydrogens (tertiary/aromatic N) is 1. The minimum Gasteiger partial charge on any atom is -0.457 e. The van der Waals surface area contributed by atoms with E-state index in [0.29, 0.717) is 17.9 Å². The third-order valence-corrected chi connectivity index (χ3v) is 5.85. The van der Waals surface area contributed by atoms with Crippen LogP contribution in [0.2, 0.25) is 0 Å². The number of para-hydroxylation sites is 1. The van der Waals surface area contributed by atoms with Crippen LogP contribution in [0.3, 0.4) is 0 Å². The van der Waals surface area contributed by atoms with Gasteiger partial charge in [-0.2, -0.15) is 0 Å². The average Bonchev–Trinajstić information content (AvgIpc) is 3.05. The standard InChI is InChI=1S/C23H27N3O3/c1-17(27)25-19-15-23(10-12-24-13-11-23)26(16-19)22(28)18-6-5-9-21(14-18)29-20-7-3-2-4-8-20/h2-9,14,19,24H,10-13,15-16H2,1H3,(H,25,27)/t19-/m0/s1. The number of amides is 2. The van der Waals surface area contributed by atoms with E-state index in [0.717, 1.165) is 38.1 Å². The minimum atomic E-state index is -0.203. The molecule has 2 aliphatic rings. The molecule has 2 aliphatic heterocycles. The zero-order valence-corrected chi connectivity index (χ0v) is 16.7. The minimum absolute atomic E-state index is 0.00157. The molecule has 1 spiro atoms. The van der Waals surface area contributed by atoms with Gasteiger partial charge in [0, 0.05) is 30.6 Å². The molecule has 152 valence electrons. The zero-order valence-electron chi connectivity index (χ0n) is 16.7. The number of nitrogens with one attached hydrogen (secondary N) is 2. The van der Waals surface area contributed by atoms with E-state index in [9.17, 15) is 9.59 Å². The van der Waals surface area contributed by atoms with E-state index >= 15 is 0 Å². The smallest absolute Gasteiger partial charge is 0.254 e. The molecule has 0 aromatic heterocycles. The summed E-state index contributed by atoms with van der Waals surface area (Å²) in [5.74, 6) is 1.32. The van der Waals surface area contributed by atoms with Gasteiger partial charge in [-0.3, -0.25) is 9.59 Å². The fourth-order valence-corrected chi connectivity index (χ4v) is 4.57. The number of carbonyl (C=O) groups is 2. The molecule has 0 radical (unpaired) electrons. The van der Waals surface area contributed by atoms with Crippen LogP contribution in [-0.4, -0.2) is 47.9 Å². The molecular weight excluding hydrogens is 366 g/mol. The summed E-state index contributed by atoms with van der Waals surface area (Å²) in [5, 5.41) is 6.40. The highest BCUT2D eigenvalue weighted by Gasteiger charge is 2.48. The van der Waals surface area contributed by atoms with Crippen molar-refractivity contribution in [3.8, 4) is 11.5 Å². The van der Waals surface area contributed by atoms with Crippen LogP contribution < -0.4 is 15.4 Å². The second-order valence-corrected chi connectivity index (χ2v) is 7.93. The topological polar surface area (TPSA) is 70.7 Å². The second-order valence-electron chi connectivity index (χ2n) is 7.93. The molecule has 2 heterocycles. The van der Waals surface area contributed by atoms with Crippen LogP contribution in [-0.2, 0) is 4.79 Å². The normalized spacial score (nSPS) is 20.4. The molecule has 6 nitrogen and oxygen atoms in total. The highest BCUT2D eigenvalue weighted by atomic mass is 16.5. The Labute approximate surface area is 171 Å². The molecule has 2 aromatic rings. The Morgan fingerprint density at radius 2 is 1.79 bits per heavy atom. The van der Waals surface area contributed by atoms with Crippen molar-refractivity contribution in [1.82, 2.24) is 15.5 Å². The molecule has 1 atom stereocenters. The first-order valence-corrected chi connectivity index (χ1v) is 10.2. The van der Waals surface area contributed by atoms with Gasteiger partial charge in [-0.25, -0.2) is 0 Å². The Morgan fingerprint density at radius 1 is 1.07 bits per heavy atom. The summed E-state index contributed by atoms with van der Waals surface area (Å²) < 4.78 is 5.90. The van der Waals surface area contributed by atoms with Gasteiger partial charge in [-0.15, -0.1) is 0 Å². The Balaban J connectivity index is 1.57. The van der Waals surface area contributed by atoms with Crippen LogP contribution in [0.4, 0.5) is 0 Å². The molecular formula is C23H27N3O3. The summed E-state index contributed by atoms with van der Waals surface area (Å²) in [4.78, 5) is 27.1. The molecule has 29 heavy (non-hydrogen) atoms. The number of piperidine rings is 1. The summed E-state index contributed by atoms with van der Waals surface area (Å²) in [6.45, 7) is 3.84. The summed E-state index contributed by atoms with van der Waals surface area (Å²) in [7, 11) is 0. The molecule has 0 bridgehead atoms. The maximum Gasteiger partial charge on any atom is 0.254 e. The van der Waals surface area contributed by atoms with Gasteiger partial charge in [-0.1, -0.05) is 24.3 Å². The van der Waals surface area contributed by atoms with Gasteiger partial charge in [0.05, 0.1) is 0 Å². The van der Waals surface area contributed by atoms with Crippen LogP contribution in [0.1, 0.15) is 36.5 Å². The molecule has 0 aliphatic carbocycles. The zero-order chi connectivity index (χ0) is 20.3. The first kappa shape index (κ1) is 19.5. The summed E-state index contributed by atoms with van der Waals surface area (Å²) in [6.07, 6.45) is 2.60. The number of benzene rings is 2. The van der Waals surface area contributed by atoms with Gasteiger partial charge in [0.1, 0.15) is 11.5 Å². The highest BCUT2D eigenvalue weighted by molar-refractivity contribution is 5.95. The fourth-order valence-electron chi connectivity index (χ4n) is 4.57. The van der Waals surface area contributed by atoms with E-state index in [1.165, 1.54) is 6.92 Å². The Morgan fingerprint density at radius 3 is 2.52 bits per heavy atom. The van der Waals surface area contributed by atoms with E-state index < -0.39 is 0 Å². The van der Waals surface area contributed by atoms with Crippen molar-refractivity contribution in [2.75, 3.05) is 19.6 Å². The Kier molecular flexibility index (Phi) is 5.53. The molecule has 2 amide bonds. The van der Waals surface area contributed by atoms with Crippen LogP contribution in [0.5, 0.6) is 11.5 Å². The first-order valence-electron chi connectivity index (χ1n) is 10.2. The van der Waals surface area contributed by atoms with Gasteiger partial charge in [-0.05, 0) is 62.7 Å². The van der Waals surface area contributed by atoms with Crippen molar-refractivity contribution >= 4 is 11.8 Å². The van der Waals surface area contributed by atoms with Gasteiger partial charge in [0.25, 0.3) is 5.91 Å². The average molecular weight is 393 g/mol. The first-order chi connectivity index (χ1) is 14.1. The Bertz CT molecular complexity index is 878. The van der Waals surface area contributed by atoms with Crippen molar-refractivity contribution in [3.05, 3.63) is 60.2 Å². The second kappa shape index (κ2) is 8.25. The Hall–Kier alpha value is -2.86. The molecule has 4 rings (SSSR count). The van der Waals surface area contributed by atoms with Gasteiger partial charge in [0.2, 0.25) is 5.91 Å². The van der Waals surface area contributed by atoms with E-state index in [1.807, 2.05) is 53.4 Å². The van der Waals surface area contributed by atoms with Gasteiger partial charge in [0.15, 0.2) is 0 Å². The van der Waals surface area contributed by atoms with Gasteiger partial charge >= 0.3 is 0 Å². The number of hydrogen-bond donors (Lipinski definition) is 2. The quantitative estimate of drug-likeness (QED) is 0.838. The van der Waals surface area contributed by atoms with Crippen molar-refractivity contribution in [2.45, 2.75) is 37.8 Å². The largest absolute Gasteiger partial charge is 0.457 e. The van der Waals surface area contributed by atoms with Crippen LogP contribution in [0, 0.1) is 0 Å². The molecule has 2 fully saturated rings. The summed E-state index contributed by atoms with van der Waals surface area (Å²) >= 11 is 0. The fraction of sp³-hybridized carbons (Fsp3) is 0.391. The summed E-state index contributed by atoms with van der Waals surface area (Å²) in [6, 6.07) is 16.9. The maximum atomic E-state index is 13.5. The lowest BCUT2D eigenvalue weighted by atomic mass is 9.84. The number of likely N-dealkylation sites (tertiary alicyclic amines) is 1. The number of hydrogen-bond acceptors (Lipinski definition) is 4. The molecule has 2 aromatic carbocycles. The van der Waals surface area contributed by atoms with Crippen molar-refractivity contribution < 1.29 is 14.3 Å². The third kappa shape index (κ3) is 4.27. The van der Waals surface area contributed by atoms with E-state index in [-0.39, 0.29) is 23.4 Å². The number of rotatable bonds is 4. The predicted molar refractivity (Wildman–Crippen MR) is 111 cm³/mol. The van der Waals surface area contributed by atoms with Gasteiger partial charge < -0.3 is 20.3 Å². The van der Waals surface area contributed by atoms with Crippen LogP contribution in [0.25, 0.3) is 0 Å². The van der Waals surface area contributed by atoms with Crippen molar-refractivity contribution in [2.24, 2.45) is 0 Å². The lowest BCUT2D eigenvalue weighted by Gasteiger charge is -2.41. The molecule has 0 saturated carbocycles. The molecule has 2 N–H and O–H groups in total. The predicted octanol–water partition coefficient (Wildman–Crippen LogP) is 2.95. The monoisotopic (exact) mass is 393 g/mol. The van der Waals surface area contributed by atoms with Crippen LogP contribution >= 0.6 is 0 Å². The van der Waals surface area contributed by atoms with Crippen molar-refractivity contribution in [1.29, 1.82) is 0 Å². The SMILES string of the molecule is CC(=O)N[C@@H]1CN(C(=O)c2cccc(Oc3ccccc3)c2)C2(CCNCC2)C1. The van der Waals surface area contributed by atoms with Crippen LogP contribution in [0.15, 0.2) is 54.6 Å². The third-order valence-electron chi connectivity index (χ3n) is 5.85. The molecule has 2 saturated heterocycles. The van der Waals surface area contributed by atoms with Crippen molar-refractivity contribution in [3.63, 3.8) is 0 Å². The van der Waals surface area contributed by atoms with E-state index in [1.54, 1.807) is 6.07 Å². The number of carbonyl (C=O) groups excluding carboxylic acids is 2. The maximum absolute atomic E-state index is 13.5. The lowest BCUT2D eigenvalue weighted by molar-refractivity contribution is -0.119. The number of ether oxygens (including phenoxy) is 1. The lowest BCUT2D eigenvalue weighted by Crippen LogP contribution is -2.53. The molecule has 0 unspecified atom stereocenters. The highest BCUT2D eigenvalue weighted by Crippen LogP contribution is 2.38. The summed E-state index contributed by atoms with van der Waals surface area (Å²) in [5.41, 5.74) is 0.408. The van der Waals surface area contributed by atoms with E-state index in [4.69, 9.17) is 4.74 Å². The van der Waals surface area contributed by atoms with E-state index in [2.05, 4.69) is 10.6 Å². The molecule has 6 heteroatoms.